The molecule has 452 valence electrons. The van der Waals surface area contributed by atoms with Crippen molar-refractivity contribution in [3.63, 3.8) is 0 Å². The molecular formula is C44H68N12O23P2. The number of phosphoric acid groups is 2. The molecule has 2 rings (SSSR count). The number of nitrogens with two attached hydrogens (primary N) is 1. The molecule has 37 heteroatoms. The molecule has 0 spiro atoms. The van der Waals surface area contributed by atoms with Crippen LogP contribution in [0.1, 0.15) is 58.2 Å². The Morgan fingerprint density at radius 3 is 1.56 bits per heavy atom. The van der Waals surface area contributed by atoms with Crippen molar-refractivity contribution in [3.8, 4) is 5.75 Å². The van der Waals surface area contributed by atoms with Crippen LogP contribution in [0.5, 0.6) is 5.75 Å². The number of phenolic OH excluding ortho intramolecular Hbond substituents is 1. The number of carboxylic acid groups (broad SMARTS) is 2. The van der Waals surface area contributed by atoms with Gasteiger partial charge < -0.3 is 98.6 Å². The third-order valence-electron chi connectivity index (χ3n) is 11.2. The number of phosphoric ester groups is 2. The summed E-state index contributed by atoms with van der Waals surface area (Å²) in [5, 5.41) is 57.6. The Bertz CT molecular complexity index is 2600. The number of nitrogens with zero attached hydrogens (tertiary/aromatic N) is 1. The zero-order chi connectivity index (χ0) is 61.4. The van der Waals surface area contributed by atoms with E-state index >= 15 is 0 Å². The van der Waals surface area contributed by atoms with Gasteiger partial charge in [0.05, 0.1) is 39.1 Å². The molecule has 0 saturated heterocycles. The lowest BCUT2D eigenvalue weighted by molar-refractivity contribution is -0.141. The van der Waals surface area contributed by atoms with E-state index in [0.717, 1.165) is 0 Å². The highest BCUT2D eigenvalue weighted by molar-refractivity contribution is 7.46. The number of aliphatic hydroxyl groups excluding tert-OH is 1. The maximum Gasteiger partial charge on any atom is 0.469 e. The predicted octanol–water partition coefficient (Wildman–Crippen LogP) is -6.28. The number of phenols is 1. The monoisotopic (exact) mass is 1190 g/mol. The third kappa shape index (κ3) is 27.0. The van der Waals surface area contributed by atoms with Gasteiger partial charge in [-0.3, -0.25) is 61.8 Å². The van der Waals surface area contributed by atoms with Crippen molar-refractivity contribution in [2.45, 2.75) is 108 Å². The summed E-state index contributed by atoms with van der Waals surface area (Å²) < 4.78 is 32.0. The van der Waals surface area contributed by atoms with Crippen molar-refractivity contribution in [2.24, 2.45) is 17.6 Å². The number of imidazole rings is 1. The first-order valence-electron chi connectivity index (χ1n) is 24.3. The number of aromatic hydroxyl groups is 1. The van der Waals surface area contributed by atoms with Gasteiger partial charge in [0.15, 0.2) is 0 Å². The molecule has 0 saturated carbocycles. The van der Waals surface area contributed by atoms with Crippen molar-refractivity contribution in [1.82, 2.24) is 57.8 Å². The highest BCUT2D eigenvalue weighted by Gasteiger charge is 2.37. The highest BCUT2D eigenvalue weighted by atomic mass is 31.2. The normalized spacial score (nSPS) is 14.9. The van der Waals surface area contributed by atoms with E-state index in [9.17, 15) is 96.8 Å². The zero-order valence-corrected chi connectivity index (χ0v) is 45.7. The van der Waals surface area contributed by atoms with Crippen LogP contribution in [0.15, 0.2) is 36.8 Å². The van der Waals surface area contributed by atoms with E-state index in [4.69, 9.17) is 10.8 Å². The van der Waals surface area contributed by atoms with Gasteiger partial charge in [0, 0.05) is 24.7 Å². The number of carbonyl (C=O) groups is 11. The average Bonchev–Trinajstić information content (AvgIpc) is 3.90. The van der Waals surface area contributed by atoms with Gasteiger partial charge in [0.25, 0.3) is 0 Å². The van der Waals surface area contributed by atoms with E-state index in [-0.39, 0.29) is 36.6 Å². The summed E-state index contributed by atoms with van der Waals surface area (Å²) in [5.41, 5.74) is 6.25. The van der Waals surface area contributed by atoms with Crippen molar-refractivity contribution in [3.05, 3.63) is 48.0 Å². The van der Waals surface area contributed by atoms with Crippen LogP contribution in [0.2, 0.25) is 0 Å². The molecule has 0 unspecified atom stereocenters. The molecular weight excluding hydrogens is 1130 g/mol. The number of hydrogen-bond acceptors (Lipinski definition) is 19. The maximum absolute atomic E-state index is 13.9. The number of amides is 9. The Morgan fingerprint density at radius 2 is 1.09 bits per heavy atom. The summed E-state index contributed by atoms with van der Waals surface area (Å²) in [6.45, 7) is 0.964. The van der Waals surface area contributed by atoms with Crippen molar-refractivity contribution in [2.75, 3.05) is 32.9 Å². The Morgan fingerprint density at radius 1 is 0.617 bits per heavy atom. The van der Waals surface area contributed by atoms with E-state index in [1.165, 1.54) is 43.7 Å². The number of nitrogens with one attached hydrogen (secondary N) is 10. The first-order valence-corrected chi connectivity index (χ1v) is 27.4. The second kappa shape index (κ2) is 33.3. The lowest BCUT2D eigenvalue weighted by atomic mass is 9.97. The Balaban J connectivity index is 2.37. The van der Waals surface area contributed by atoms with Crippen molar-refractivity contribution in [1.29, 1.82) is 0 Å². The van der Waals surface area contributed by atoms with Gasteiger partial charge in [0.2, 0.25) is 53.2 Å². The first-order chi connectivity index (χ1) is 37.7. The summed E-state index contributed by atoms with van der Waals surface area (Å²) in [7, 11) is -10.7. The number of hydrogen-bond donors (Lipinski definition) is 19. The second-order valence-electron chi connectivity index (χ2n) is 18.4. The molecule has 9 amide bonds. The molecule has 1 heterocycles. The van der Waals surface area contributed by atoms with E-state index in [1.54, 1.807) is 20.8 Å². The number of carboxylic acids is 2. The summed E-state index contributed by atoms with van der Waals surface area (Å²) in [6, 6.07) is -8.52. The molecule has 0 aliphatic heterocycles. The lowest BCUT2D eigenvalue weighted by Crippen LogP contribution is -2.60. The predicted molar refractivity (Wildman–Crippen MR) is 273 cm³/mol. The molecule has 0 aliphatic rings. The van der Waals surface area contributed by atoms with E-state index in [1.807, 2.05) is 10.6 Å². The van der Waals surface area contributed by atoms with Crippen molar-refractivity contribution >= 4 is 80.7 Å². The molecule has 20 N–H and O–H groups in total. The Hall–Kier alpha value is -7.46. The number of aliphatic hydroxyl groups is 1. The fraction of sp³-hybridized carbons (Fsp3) is 0.545. The molecule has 1 aromatic heterocycles. The largest absolute Gasteiger partial charge is 0.508 e. The minimum absolute atomic E-state index is 0.124. The quantitative estimate of drug-likeness (QED) is 0.0282. The minimum Gasteiger partial charge on any atom is -0.508 e. The van der Waals surface area contributed by atoms with Gasteiger partial charge in [-0.2, -0.15) is 0 Å². The molecule has 1 aromatic carbocycles. The Kier molecular flexibility index (Phi) is 28.7. The third-order valence-corrected chi connectivity index (χ3v) is 12.2. The van der Waals surface area contributed by atoms with Crippen LogP contribution in [0.25, 0.3) is 0 Å². The first kappa shape index (κ1) is 69.6. The van der Waals surface area contributed by atoms with Crippen LogP contribution >= 0.6 is 15.6 Å². The summed E-state index contributed by atoms with van der Waals surface area (Å²) in [5.74, 6) is -15.2. The Labute approximate surface area is 460 Å². The SMILES string of the molecule is CC[C@H](C)[C@H](NC(=O)CNC(=O)[C@H](COP(=O)(O)O)NC(=O)[C@H](CC(=O)O)NC(=O)[C@H](CC(C)C)NC(=O)[C@H](Cc1ccc(O)cc1)NC(=O)[C@@H](N)CO)C(=O)N[C@@H](Cc1cnc[nH]1)C(=O)N[C@@H](COP(=O)(O)O)C(=O)NCC(=O)O. The standard InChI is InChI=1S/C44H68N12O23P2/c1-5-22(4)36(44(71)53-29(12-24-14-46-20-49-24)42(69)54-32(19-79-81(75,76)77)39(66)48-16-35(62)63)56-33(59)15-47-38(65)31(18-78-80(72,73)74)55-43(70)30(13-34(60)61)52-40(67)27(10-21(2)3)51-41(68)28(50-37(64)26(45)17-57)11-23-6-8-25(58)9-7-23/h6-9,14,20-22,26-32,36,57-58H,5,10-13,15-19,45H2,1-4H3,(H,46,49)(H,47,65)(H,48,66)(H,50,64)(H,51,68)(H,52,67)(H,53,71)(H,54,69)(H,55,70)(H,56,59)(H,60,61)(H,62,63)(H2,72,73,74)(H2,75,76,77)/t22-,26-,27-,28-,29-,30-,31-,32-,36-/m0/s1. The molecule has 0 fully saturated rings. The molecule has 9 atom stereocenters. The number of carbonyl (C=O) groups excluding carboxylic acids is 9. The van der Waals surface area contributed by atoms with Crippen LogP contribution < -0.4 is 53.6 Å². The smallest absolute Gasteiger partial charge is 0.469 e. The number of aromatic amines is 1. The minimum atomic E-state index is -5.44. The fourth-order valence-corrected chi connectivity index (χ4v) is 7.60. The molecule has 0 bridgehead atoms. The number of aliphatic carboxylic acids is 2. The molecule has 0 aliphatic carbocycles. The molecule has 0 radical (unpaired) electrons. The summed E-state index contributed by atoms with van der Waals surface area (Å²) in [4.78, 5) is 188. The van der Waals surface area contributed by atoms with Crippen LogP contribution in [-0.2, 0) is 83.8 Å². The van der Waals surface area contributed by atoms with Crippen LogP contribution in [0.4, 0.5) is 0 Å². The van der Waals surface area contributed by atoms with Crippen LogP contribution in [0.3, 0.4) is 0 Å². The number of aromatic nitrogens is 2. The van der Waals surface area contributed by atoms with E-state index in [0.29, 0.717) is 5.56 Å². The zero-order valence-electron chi connectivity index (χ0n) is 43.9. The molecule has 81 heavy (non-hydrogen) atoms. The summed E-state index contributed by atoms with van der Waals surface area (Å²) in [6.07, 6.45) is 0.602. The van der Waals surface area contributed by atoms with Crippen molar-refractivity contribution < 1.29 is 111 Å². The number of H-pyrrole nitrogens is 1. The molecule has 35 nitrogen and oxygen atoms in total. The second-order valence-corrected chi connectivity index (χ2v) is 20.8. The van der Waals surface area contributed by atoms with Crippen LogP contribution in [0, 0.1) is 11.8 Å². The van der Waals surface area contributed by atoms with Crippen LogP contribution in [-0.4, -0.2) is 196 Å². The van der Waals surface area contributed by atoms with E-state index < -0.39 is 181 Å². The number of rotatable bonds is 36. The summed E-state index contributed by atoms with van der Waals surface area (Å²) >= 11 is 0. The fourth-order valence-electron chi connectivity index (χ4n) is 6.91. The van der Waals surface area contributed by atoms with Gasteiger partial charge in [-0.05, 0) is 36.0 Å². The van der Waals surface area contributed by atoms with Gasteiger partial charge in [-0.15, -0.1) is 0 Å². The molecule has 2 aromatic rings. The average molecular weight is 1200 g/mol. The topological polar surface area (TPSA) is 565 Å². The van der Waals surface area contributed by atoms with Gasteiger partial charge in [-0.1, -0.05) is 46.2 Å². The lowest BCUT2D eigenvalue weighted by Gasteiger charge is -2.28. The van der Waals surface area contributed by atoms with Gasteiger partial charge >= 0.3 is 27.6 Å². The number of benzene rings is 1. The maximum atomic E-state index is 13.9. The van der Waals surface area contributed by atoms with E-state index in [2.05, 4.69) is 56.2 Å². The van der Waals surface area contributed by atoms with Gasteiger partial charge in [0.1, 0.15) is 60.6 Å². The highest BCUT2D eigenvalue weighted by Crippen LogP contribution is 2.36. The van der Waals surface area contributed by atoms with Gasteiger partial charge in [-0.25, -0.2) is 14.1 Å².